The molecular formula is C20H19F2NO5. The lowest BCUT2D eigenvalue weighted by Gasteiger charge is -2.12. The van der Waals surface area contributed by atoms with Gasteiger partial charge in [0.15, 0.2) is 18.1 Å². The second-order valence-electron chi connectivity index (χ2n) is 6.33. The van der Waals surface area contributed by atoms with Crippen LogP contribution in [0.3, 0.4) is 0 Å². The molecule has 6 nitrogen and oxygen atoms in total. The van der Waals surface area contributed by atoms with Crippen LogP contribution in [0.5, 0.6) is 11.5 Å². The number of carboxylic acids is 1. The molecular weight excluding hydrogens is 372 g/mol. The van der Waals surface area contributed by atoms with Gasteiger partial charge >= 0.3 is 5.97 Å². The number of halogens is 2. The lowest BCUT2D eigenvalue weighted by molar-refractivity contribution is -0.139. The standard InChI is InChI=1S/C20H19F2NO5/c1-2-27-17-8-11(6-7-16(17)28-10-18(24)25)20(26)23-15-9-12(15)19-13(21)4-3-5-14(19)22/h3-8,12,15H,2,9-10H2,1H3,(H,23,26)(H,24,25). The fraction of sp³-hybridized carbons (Fsp3) is 0.300. The Morgan fingerprint density at radius 3 is 2.50 bits per heavy atom. The van der Waals surface area contributed by atoms with Crippen LogP contribution in [0, 0.1) is 11.6 Å². The Morgan fingerprint density at radius 1 is 1.14 bits per heavy atom. The van der Waals surface area contributed by atoms with Crippen LogP contribution >= 0.6 is 0 Å². The summed E-state index contributed by atoms with van der Waals surface area (Å²) in [7, 11) is 0. The number of aliphatic carboxylic acids is 1. The molecule has 0 heterocycles. The first-order valence-corrected chi connectivity index (χ1v) is 8.77. The van der Waals surface area contributed by atoms with Crippen molar-refractivity contribution in [3.8, 4) is 11.5 Å². The van der Waals surface area contributed by atoms with Crippen molar-refractivity contribution in [2.24, 2.45) is 0 Å². The fourth-order valence-electron chi connectivity index (χ4n) is 2.97. The molecule has 2 aromatic carbocycles. The summed E-state index contributed by atoms with van der Waals surface area (Å²) >= 11 is 0. The summed E-state index contributed by atoms with van der Waals surface area (Å²) in [5.41, 5.74) is 0.256. The van der Waals surface area contributed by atoms with Crippen molar-refractivity contribution in [1.29, 1.82) is 0 Å². The van der Waals surface area contributed by atoms with Gasteiger partial charge in [0.2, 0.25) is 0 Å². The van der Waals surface area contributed by atoms with Gasteiger partial charge in [0, 0.05) is 23.1 Å². The van der Waals surface area contributed by atoms with Gasteiger partial charge < -0.3 is 19.9 Å². The normalized spacial score (nSPS) is 17.7. The third-order valence-electron chi connectivity index (χ3n) is 4.33. The molecule has 0 aromatic heterocycles. The van der Waals surface area contributed by atoms with Crippen molar-refractivity contribution in [3.05, 3.63) is 59.2 Å². The molecule has 0 spiro atoms. The molecule has 0 saturated heterocycles. The average molecular weight is 391 g/mol. The van der Waals surface area contributed by atoms with Gasteiger partial charge in [-0.2, -0.15) is 0 Å². The molecule has 0 aliphatic heterocycles. The maximum Gasteiger partial charge on any atom is 0.341 e. The van der Waals surface area contributed by atoms with E-state index in [0.717, 1.165) is 0 Å². The number of benzene rings is 2. The molecule has 1 fully saturated rings. The Hall–Kier alpha value is -3.16. The van der Waals surface area contributed by atoms with Crippen molar-refractivity contribution < 1.29 is 33.0 Å². The van der Waals surface area contributed by atoms with Gasteiger partial charge in [-0.05, 0) is 43.7 Å². The summed E-state index contributed by atoms with van der Waals surface area (Å²) in [6.07, 6.45) is 0.446. The quantitative estimate of drug-likeness (QED) is 0.722. The van der Waals surface area contributed by atoms with E-state index in [9.17, 15) is 18.4 Å². The third kappa shape index (κ3) is 4.39. The molecule has 148 valence electrons. The number of ether oxygens (including phenoxy) is 2. The van der Waals surface area contributed by atoms with E-state index in [1.165, 1.54) is 36.4 Å². The van der Waals surface area contributed by atoms with E-state index in [4.69, 9.17) is 14.6 Å². The molecule has 28 heavy (non-hydrogen) atoms. The number of carbonyl (C=O) groups excluding carboxylic acids is 1. The minimum absolute atomic E-state index is 0.0137. The van der Waals surface area contributed by atoms with Crippen molar-refractivity contribution in [2.45, 2.75) is 25.3 Å². The summed E-state index contributed by atoms with van der Waals surface area (Å²) in [6, 6.07) is 7.68. The van der Waals surface area contributed by atoms with Gasteiger partial charge in [-0.3, -0.25) is 4.79 Å². The summed E-state index contributed by atoms with van der Waals surface area (Å²) in [5, 5.41) is 11.5. The zero-order valence-corrected chi connectivity index (χ0v) is 15.1. The molecule has 2 atom stereocenters. The van der Waals surface area contributed by atoms with E-state index in [1.54, 1.807) is 6.92 Å². The zero-order chi connectivity index (χ0) is 20.3. The number of carboxylic acid groups (broad SMARTS) is 1. The van der Waals surface area contributed by atoms with Crippen LogP contribution in [-0.4, -0.2) is 36.2 Å². The van der Waals surface area contributed by atoms with Crippen molar-refractivity contribution in [3.63, 3.8) is 0 Å². The van der Waals surface area contributed by atoms with Crippen molar-refractivity contribution >= 4 is 11.9 Å². The van der Waals surface area contributed by atoms with Gasteiger partial charge in [0.25, 0.3) is 5.91 Å². The highest BCUT2D eigenvalue weighted by Gasteiger charge is 2.42. The molecule has 0 bridgehead atoms. The smallest absolute Gasteiger partial charge is 0.341 e. The SMILES string of the molecule is CCOc1cc(C(=O)NC2CC2c2c(F)cccc2F)ccc1OCC(=O)O. The van der Waals surface area contributed by atoms with Crippen LogP contribution < -0.4 is 14.8 Å². The Morgan fingerprint density at radius 2 is 1.86 bits per heavy atom. The van der Waals surface area contributed by atoms with E-state index in [1.807, 2.05) is 0 Å². The van der Waals surface area contributed by atoms with Gasteiger partial charge in [0.1, 0.15) is 11.6 Å². The number of rotatable bonds is 8. The molecule has 1 aliphatic carbocycles. The van der Waals surface area contributed by atoms with E-state index in [0.29, 0.717) is 13.0 Å². The predicted molar refractivity (Wildman–Crippen MR) is 95.7 cm³/mol. The topological polar surface area (TPSA) is 84.9 Å². The summed E-state index contributed by atoms with van der Waals surface area (Å²) in [5.74, 6) is -2.77. The highest BCUT2D eigenvalue weighted by Crippen LogP contribution is 2.43. The molecule has 3 rings (SSSR count). The minimum atomic E-state index is -1.13. The lowest BCUT2D eigenvalue weighted by Crippen LogP contribution is -2.26. The second-order valence-corrected chi connectivity index (χ2v) is 6.33. The number of carbonyl (C=O) groups is 2. The van der Waals surface area contributed by atoms with E-state index in [2.05, 4.69) is 5.32 Å². The fourth-order valence-corrected chi connectivity index (χ4v) is 2.97. The first-order valence-electron chi connectivity index (χ1n) is 8.77. The summed E-state index contributed by atoms with van der Waals surface area (Å²) in [4.78, 5) is 23.1. The van der Waals surface area contributed by atoms with Crippen molar-refractivity contribution in [2.75, 3.05) is 13.2 Å². The lowest BCUT2D eigenvalue weighted by atomic mass is 10.1. The molecule has 1 aliphatic rings. The van der Waals surface area contributed by atoms with Crippen LogP contribution in [-0.2, 0) is 4.79 Å². The van der Waals surface area contributed by atoms with E-state index < -0.39 is 36.0 Å². The van der Waals surface area contributed by atoms with Crippen molar-refractivity contribution in [1.82, 2.24) is 5.32 Å². The summed E-state index contributed by atoms with van der Waals surface area (Å²) in [6.45, 7) is 1.50. The number of nitrogens with one attached hydrogen (secondary N) is 1. The second kappa shape index (κ2) is 8.24. The zero-order valence-electron chi connectivity index (χ0n) is 15.1. The first-order chi connectivity index (χ1) is 13.4. The molecule has 8 heteroatoms. The van der Waals surface area contributed by atoms with E-state index >= 15 is 0 Å². The minimum Gasteiger partial charge on any atom is -0.490 e. The van der Waals surface area contributed by atoms with Crippen LogP contribution in [0.25, 0.3) is 0 Å². The van der Waals surface area contributed by atoms with Gasteiger partial charge in [-0.15, -0.1) is 0 Å². The van der Waals surface area contributed by atoms with Gasteiger partial charge in [-0.25, -0.2) is 13.6 Å². The third-order valence-corrected chi connectivity index (χ3v) is 4.33. The largest absolute Gasteiger partial charge is 0.490 e. The Kier molecular flexibility index (Phi) is 5.77. The number of hydrogen-bond acceptors (Lipinski definition) is 4. The molecule has 2 aromatic rings. The summed E-state index contributed by atoms with van der Waals surface area (Å²) < 4.78 is 38.3. The van der Waals surface area contributed by atoms with Gasteiger partial charge in [0.05, 0.1) is 6.61 Å². The Balaban J connectivity index is 1.69. The average Bonchev–Trinajstić information content (AvgIpc) is 3.39. The maximum atomic E-state index is 13.9. The van der Waals surface area contributed by atoms with Gasteiger partial charge in [-0.1, -0.05) is 6.07 Å². The molecule has 1 saturated carbocycles. The predicted octanol–water partition coefficient (Wildman–Crippen LogP) is 3.11. The van der Waals surface area contributed by atoms with E-state index in [-0.39, 0.29) is 28.7 Å². The number of hydrogen-bond donors (Lipinski definition) is 2. The van der Waals surface area contributed by atoms with Crippen LogP contribution in [0.15, 0.2) is 36.4 Å². The Bertz CT molecular complexity index is 882. The monoisotopic (exact) mass is 391 g/mol. The first kappa shape index (κ1) is 19.6. The molecule has 0 radical (unpaired) electrons. The molecule has 2 N–H and O–H groups in total. The van der Waals surface area contributed by atoms with Crippen LogP contribution in [0.2, 0.25) is 0 Å². The highest BCUT2D eigenvalue weighted by molar-refractivity contribution is 5.95. The maximum absolute atomic E-state index is 13.9. The number of amides is 1. The van der Waals surface area contributed by atoms with Crippen LogP contribution in [0.1, 0.15) is 35.2 Å². The molecule has 2 unspecified atom stereocenters. The molecule has 1 amide bonds. The highest BCUT2D eigenvalue weighted by atomic mass is 19.1. The van der Waals surface area contributed by atoms with Crippen LogP contribution in [0.4, 0.5) is 8.78 Å². The Labute approximate surface area is 160 Å².